The van der Waals surface area contributed by atoms with Crippen molar-refractivity contribution in [1.29, 1.82) is 0 Å². The third kappa shape index (κ3) is 4.56. The lowest BCUT2D eigenvalue weighted by atomic mass is 9.70. The van der Waals surface area contributed by atoms with Crippen LogP contribution in [-0.4, -0.2) is 35.6 Å². The van der Waals surface area contributed by atoms with Crippen LogP contribution in [-0.2, 0) is 22.5 Å². The van der Waals surface area contributed by atoms with Crippen molar-refractivity contribution in [3.63, 3.8) is 0 Å². The zero-order chi connectivity index (χ0) is 24.3. The van der Waals surface area contributed by atoms with Crippen LogP contribution >= 0.6 is 0 Å². The molecule has 0 saturated carbocycles. The summed E-state index contributed by atoms with van der Waals surface area (Å²) in [6, 6.07) is 19.2. The van der Waals surface area contributed by atoms with Gasteiger partial charge in [0.05, 0.1) is 12.8 Å². The minimum atomic E-state index is -0.309. The molecule has 2 aliphatic heterocycles. The molecule has 5 heteroatoms. The number of fused-ring (bicyclic) bond motifs is 4. The largest absolute Gasteiger partial charge is 0.484 e. The molecule has 0 spiro atoms. The van der Waals surface area contributed by atoms with Gasteiger partial charge in [0, 0.05) is 48.2 Å². The van der Waals surface area contributed by atoms with E-state index in [4.69, 9.17) is 9.47 Å². The molecule has 184 valence electrons. The van der Waals surface area contributed by atoms with E-state index in [0.717, 1.165) is 63.9 Å². The Morgan fingerprint density at radius 3 is 2.54 bits per heavy atom. The predicted octanol–water partition coefficient (Wildman–Crippen LogP) is 6.28. The first kappa shape index (κ1) is 23.5. The minimum absolute atomic E-state index is 0.0111. The third-order valence-corrected chi connectivity index (χ3v) is 8.07. The predicted molar refractivity (Wildman–Crippen MR) is 139 cm³/mol. The van der Waals surface area contributed by atoms with Crippen molar-refractivity contribution < 1.29 is 14.3 Å². The van der Waals surface area contributed by atoms with Crippen LogP contribution in [0, 0.1) is 5.41 Å². The SMILES string of the molecule is CCC12CCCN(/C=C/C(=O)OC)CCc3c(n(c4ccccc34)CCC1)C2Oc1ccccc1. The van der Waals surface area contributed by atoms with Gasteiger partial charge in [0.15, 0.2) is 0 Å². The number of benzene rings is 2. The maximum Gasteiger partial charge on any atom is 0.331 e. The molecule has 1 aromatic heterocycles. The highest BCUT2D eigenvalue weighted by atomic mass is 16.5. The Labute approximate surface area is 208 Å². The molecule has 2 aromatic carbocycles. The first-order valence-corrected chi connectivity index (χ1v) is 13.0. The minimum Gasteiger partial charge on any atom is -0.484 e. The van der Waals surface area contributed by atoms with Crippen LogP contribution in [0.15, 0.2) is 66.9 Å². The lowest BCUT2D eigenvalue weighted by molar-refractivity contribution is -0.134. The summed E-state index contributed by atoms with van der Waals surface area (Å²) in [5.74, 6) is 0.635. The van der Waals surface area contributed by atoms with Crippen molar-refractivity contribution in [3.05, 3.63) is 78.1 Å². The molecular formula is C30H36N2O3. The molecule has 3 aromatic rings. The van der Waals surface area contributed by atoms with Gasteiger partial charge in [0.2, 0.25) is 0 Å². The number of esters is 1. The lowest BCUT2D eigenvalue weighted by Crippen LogP contribution is -2.35. The number of carbonyl (C=O) groups excluding carboxylic acids is 1. The lowest BCUT2D eigenvalue weighted by Gasteiger charge is -2.41. The fraction of sp³-hybridized carbons (Fsp3) is 0.433. The second-order valence-electron chi connectivity index (χ2n) is 9.89. The van der Waals surface area contributed by atoms with Gasteiger partial charge >= 0.3 is 5.97 Å². The van der Waals surface area contributed by atoms with Gasteiger partial charge in [-0.3, -0.25) is 0 Å². The molecule has 0 N–H and O–H groups in total. The zero-order valence-corrected chi connectivity index (χ0v) is 20.9. The smallest absolute Gasteiger partial charge is 0.331 e. The number of methoxy groups -OCH3 is 1. The van der Waals surface area contributed by atoms with Gasteiger partial charge in [-0.25, -0.2) is 4.79 Å². The molecular weight excluding hydrogens is 436 g/mol. The highest BCUT2D eigenvalue weighted by Gasteiger charge is 2.44. The molecule has 3 heterocycles. The van der Waals surface area contributed by atoms with Gasteiger partial charge in [-0.15, -0.1) is 0 Å². The maximum atomic E-state index is 11.8. The van der Waals surface area contributed by atoms with Gasteiger partial charge in [0.1, 0.15) is 11.9 Å². The summed E-state index contributed by atoms with van der Waals surface area (Å²) in [5, 5.41) is 1.33. The highest BCUT2D eigenvalue weighted by Crippen LogP contribution is 2.52. The Morgan fingerprint density at radius 1 is 1.03 bits per heavy atom. The Morgan fingerprint density at radius 2 is 1.77 bits per heavy atom. The van der Waals surface area contributed by atoms with E-state index < -0.39 is 0 Å². The number of aromatic nitrogens is 1. The van der Waals surface area contributed by atoms with Crippen molar-refractivity contribution in [2.24, 2.45) is 5.41 Å². The van der Waals surface area contributed by atoms with E-state index in [1.165, 1.54) is 29.3 Å². The first-order valence-electron chi connectivity index (χ1n) is 13.0. The summed E-state index contributed by atoms with van der Waals surface area (Å²) in [5.41, 5.74) is 4.11. The van der Waals surface area contributed by atoms with Gasteiger partial charge < -0.3 is 18.9 Å². The topological polar surface area (TPSA) is 43.7 Å². The van der Waals surface area contributed by atoms with E-state index in [2.05, 4.69) is 64.9 Å². The van der Waals surface area contributed by atoms with E-state index in [1.54, 1.807) is 6.08 Å². The molecule has 5 nitrogen and oxygen atoms in total. The van der Waals surface area contributed by atoms with Crippen molar-refractivity contribution in [2.45, 2.75) is 58.1 Å². The molecule has 2 unspecified atom stereocenters. The van der Waals surface area contributed by atoms with Gasteiger partial charge in [-0.2, -0.15) is 0 Å². The fourth-order valence-corrected chi connectivity index (χ4v) is 6.20. The highest BCUT2D eigenvalue weighted by molar-refractivity contribution is 5.86. The number of hydrogen-bond acceptors (Lipinski definition) is 4. The summed E-state index contributed by atoms with van der Waals surface area (Å²) in [6.45, 7) is 5.13. The van der Waals surface area contributed by atoms with Crippen LogP contribution in [0.1, 0.15) is 56.4 Å². The summed E-state index contributed by atoms with van der Waals surface area (Å²) in [4.78, 5) is 14.1. The number of ether oxygens (including phenoxy) is 2. The number of hydrogen-bond donors (Lipinski definition) is 0. The van der Waals surface area contributed by atoms with Crippen molar-refractivity contribution in [1.82, 2.24) is 9.47 Å². The van der Waals surface area contributed by atoms with Crippen molar-refractivity contribution in [3.8, 4) is 5.75 Å². The zero-order valence-electron chi connectivity index (χ0n) is 20.9. The second kappa shape index (κ2) is 10.2. The normalized spacial score (nSPS) is 22.7. The molecule has 5 rings (SSSR count). The Kier molecular flexibility index (Phi) is 6.85. The monoisotopic (exact) mass is 472 g/mol. The Bertz CT molecular complexity index is 1200. The molecule has 0 radical (unpaired) electrons. The molecule has 2 atom stereocenters. The number of rotatable bonds is 5. The number of nitrogens with zero attached hydrogens (tertiary/aromatic N) is 2. The molecule has 2 bridgehead atoms. The van der Waals surface area contributed by atoms with Crippen LogP contribution < -0.4 is 4.74 Å². The molecule has 0 amide bonds. The molecule has 0 aliphatic carbocycles. The molecule has 2 aliphatic rings. The molecule has 0 saturated heterocycles. The number of para-hydroxylation sites is 2. The standard InChI is InChI=1S/C30H36N2O3/c1-3-30-17-9-19-31(22-16-27(33)34-2)21-15-25-24-13-7-8-14-26(24)32(20-10-18-30)28(25)29(30)35-23-11-5-4-6-12-23/h4-8,11-14,16,22,29H,3,9-10,15,17-21H2,1-2H3/b22-16+. The quantitative estimate of drug-likeness (QED) is 0.324. The van der Waals surface area contributed by atoms with Crippen LogP contribution in [0.2, 0.25) is 0 Å². The van der Waals surface area contributed by atoms with E-state index in [1.807, 2.05) is 12.3 Å². The van der Waals surface area contributed by atoms with Crippen LogP contribution in [0.5, 0.6) is 5.75 Å². The number of carbonyl (C=O) groups is 1. The maximum absolute atomic E-state index is 11.8. The third-order valence-electron chi connectivity index (χ3n) is 8.07. The molecule has 0 fully saturated rings. The summed E-state index contributed by atoms with van der Waals surface area (Å²) in [6.07, 6.45) is 9.89. The van der Waals surface area contributed by atoms with E-state index >= 15 is 0 Å². The van der Waals surface area contributed by atoms with Crippen molar-refractivity contribution in [2.75, 3.05) is 20.2 Å². The van der Waals surface area contributed by atoms with Gasteiger partial charge in [-0.1, -0.05) is 43.3 Å². The van der Waals surface area contributed by atoms with Crippen LogP contribution in [0.3, 0.4) is 0 Å². The van der Waals surface area contributed by atoms with Gasteiger partial charge in [-0.05, 0) is 62.3 Å². The van der Waals surface area contributed by atoms with E-state index in [0.29, 0.717) is 0 Å². The van der Waals surface area contributed by atoms with E-state index in [9.17, 15) is 4.79 Å². The summed E-state index contributed by atoms with van der Waals surface area (Å²) in [7, 11) is 1.43. The fourth-order valence-electron chi connectivity index (χ4n) is 6.20. The second-order valence-corrected chi connectivity index (χ2v) is 9.89. The Balaban J connectivity index is 1.65. The van der Waals surface area contributed by atoms with Gasteiger partial charge in [0.25, 0.3) is 0 Å². The first-order chi connectivity index (χ1) is 17.1. The van der Waals surface area contributed by atoms with Crippen LogP contribution in [0.4, 0.5) is 0 Å². The summed E-state index contributed by atoms with van der Waals surface area (Å²) < 4.78 is 14.4. The average molecular weight is 473 g/mol. The number of aryl methyl sites for hydroxylation is 1. The van der Waals surface area contributed by atoms with Crippen molar-refractivity contribution >= 4 is 16.9 Å². The Hall–Kier alpha value is -3.21. The average Bonchev–Trinajstić information content (AvgIpc) is 3.12. The molecule has 35 heavy (non-hydrogen) atoms. The van der Waals surface area contributed by atoms with E-state index in [-0.39, 0.29) is 17.5 Å². The summed E-state index contributed by atoms with van der Waals surface area (Å²) >= 11 is 0. The van der Waals surface area contributed by atoms with Crippen LogP contribution in [0.25, 0.3) is 10.9 Å².